The van der Waals surface area contributed by atoms with Crippen LogP contribution >= 0.6 is 0 Å². The first-order chi connectivity index (χ1) is 24.6. The number of ether oxygens (including phenoxy) is 1. The molecule has 1 spiro atoms. The van der Waals surface area contributed by atoms with Gasteiger partial charge in [0.05, 0.1) is 11.5 Å². The zero-order chi connectivity index (χ0) is 33.9. The van der Waals surface area contributed by atoms with E-state index in [1.54, 1.807) is 0 Å². The van der Waals surface area contributed by atoms with Gasteiger partial charge in [-0.1, -0.05) is 158 Å². The summed E-state index contributed by atoms with van der Waals surface area (Å²) in [6, 6.07) is 52.0. The number of para-hydroxylation sites is 2. The molecule has 1 atom stereocenters. The molecule has 1 aliphatic heterocycles. The van der Waals surface area contributed by atoms with Crippen molar-refractivity contribution >= 4 is 18.0 Å². The smallest absolute Gasteiger partial charge is 0.132 e. The molecule has 1 aliphatic carbocycles. The van der Waals surface area contributed by atoms with Gasteiger partial charge in [-0.25, -0.2) is 0 Å². The minimum Gasteiger partial charge on any atom is -0.457 e. The van der Waals surface area contributed by atoms with Crippen molar-refractivity contribution in [3.63, 3.8) is 0 Å². The maximum Gasteiger partial charge on any atom is 0.132 e. The van der Waals surface area contributed by atoms with Crippen molar-refractivity contribution in [3.8, 4) is 22.6 Å². The molecule has 1 unspecified atom stereocenters. The molecule has 0 saturated carbocycles. The predicted molar refractivity (Wildman–Crippen MR) is 206 cm³/mol. The molecule has 4 heteroatoms. The summed E-state index contributed by atoms with van der Waals surface area (Å²) in [5.74, 6) is 2.08. The number of amidine groups is 1. The Labute approximate surface area is 293 Å². The van der Waals surface area contributed by atoms with Crippen molar-refractivity contribution in [2.75, 3.05) is 6.54 Å². The molecular weight excluding hydrogens is 611 g/mol. The minimum absolute atomic E-state index is 0.236. The number of hydrogen-bond acceptors (Lipinski definition) is 3. The molecule has 6 aromatic carbocycles. The molecule has 50 heavy (non-hydrogen) atoms. The summed E-state index contributed by atoms with van der Waals surface area (Å²) in [5.41, 5.74) is 16.5. The van der Waals surface area contributed by atoms with Crippen LogP contribution in [0.1, 0.15) is 45.0 Å². The van der Waals surface area contributed by atoms with Crippen molar-refractivity contribution in [1.29, 1.82) is 5.41 Å². The summed E-state index contributed by atoms with van der Waals surface area (Å²) in [5, 5.41) is 12.4. The third-order valence-corrected chi connectivity index (χ3v) is 9.68. The normalized spacial score (nSPS) is 14.5. The van der Waals surface area contributed by atoms with Crippen LogP contribution in [0.5, 0.6) is 11.5 Å². The van der Waals surface area contributed by atoms with Gasteiger partial charge in [0, 0.05) is 23.2 Å². The SMILES string of the molecule is N=C(NC(/C=C/c1ccc2c(c1)C1(C(/C=C\CN)=C2)c2ccccc2Oc2ccccc21)c1ccc(-c2ccccc2)cc1)c1ccccc1. The standard InChI is InChI=1S/C46H37N3O/c47-29-11-16-38-31-37-23-21-32(30-41(37)46(38)39-17-7-9-19-43(39)50-44-20-10-8-18-40(44)46)22-28-42(49-45(48)36-14-5-2-6-15-36)35-26-24-34(25-27-35)33-12-3-1-4-13-33/h1-28,30-31,42H,29,47H2,(H2,48,49)/b16-11-,28-22+. The van der Waals surface area contributed by atoms with Gasteiger partial charge in [0.1, 0.15) is 17.3 Å². The number of hydrogen-bond donors (Lipinski definition) is 3. The summed E-state index contributed by atoms with van der Waals surface area (Å²) < 4.78 is 6.48. The van der Waals surface area contributed by atoms with Gasteiger partial charge in [0.2, 0.25) is 0 Å². The van der Waals surface area contributed by atoms with E-state index < -0.39 is 5.41 Å². The Kier molecular flexibility index (Phi) is 8.29. The Bertz CT molecular complexity index is 2220. The van der Waals surface area contributed by atoms with Crippen molar-refractivity contribution in [2.45, 2.75) is 11.5 Å². The summed E-state index contributed by atoms with van der Waals surface area (Å²) in [6.45, 7) is 0.455. The highest BCUT2D eigenvalue weighted by atomic mass is 16.5. The quantitative estimate of drug-likeness (QED) is 0.114. The zero-order valence-corrected chi connectivity index (χ0v) is 27.6. The summed E-state index contributed by atoms with van der Waals surface area (Å²) in [6.07, 6.45) is 10.8. The molecule has 0 aromatic heterocycles. The molecule has 0 fully saturated rings. The number of nitrogens with two attached hydrogens (primary N) is 1. The molecular formula is C46H37N3O. The maximum atomic E-state index is 8.94. The first kappa shape index (κ1) is 31.1. The third kappa shape index (κ3) is 5.56. The summed E-state index contributed by atoms with van der Waals surface area (Å²) in [4.78, 5) is 0. The zero-order valence-electron chi connectivity index (χ0n) is 27.6. The third-order valence-electron chi connectivity index (χ3n) is 9.68. The van der Waals surface area contributed by atoms with Gasteiger partial charge in [0.25, 0.3) is 0 Å². The molecule has 0 bridgehead atoms. The van der Waals surface area contributed by atoms with Crippen LogP contribution in [-0.2, 0) is 5.41 Å². The second-order valence-electron chi connectivity index (χ2n) is 12.6. The van der Waals surface area contributed by atoms with E-state index in [1.165, 1.54) is 16.7 Å². The second-order valence-corrected chi connectivity index (χ2v) is 12.6. The van der Waals surface area contributed by atoms with E-state index in [0.29, 0.717) is 12.4 Å². The Morgan fingerprint density at radius 2 is 1.30 bits per heavy atom. The van der Waals surface area contributed by atoms with Crippen LogP contribution in [0.25, 0.3) is 23.3 Å². The highest BCUT2D eigenvalue weighted by molar-refractivity contribution is 5.96. The average molecular weight is 648 g/mol. The first-order valence-corrected chi connectivity index (χ1v) is 17.0. The Hall–Kier alpha value is -6.23. The Morgan fingerprint density at radius 3 is 1.98 bits per heavy atom. The lowest BCUT2D eigenvalue weighted by atomic mass is 9.65. The van der Waals surface area contributed by atoms with Gasteiger partial charge < -0.3 is 15.8 Å². The highest BCUT2D eigenvalue weighted by Crippen LogP contribution is 2.59. The maximum absolute atomic E-state index is 8.94. The molecule has 4 N–H and O–H groups in total. The van der Waals surface area contributed by atoms with Gasteiger partial charge in [-0.15, -0.1) is 0 Å². The van der Waals surface area contributed by atoms with Crippen molar-refractivity contribution in [2.24, 2.45) is 5.73 Å². The lowest BCUT2D eigenvalue weighted by Crippen LogP contribution is -2.32. The topological polar surface area (TPSA) is 71.1 Å². The average Bonchev–Trinajstić information content (AvgIpc) is 3.49. The van der Waals surface area contributed by atoms with Crippen LogP contribution in [0.4, 0.5) is 0 Å². The monoisotopic (exact) mass is 647 g/mol. The van der Waals surface area contributed by atoms with Gasteiger partial charge in [0.15, 0.2) is 0 Å². The van der Waals surface area contributed by atoms with Gasteiger partial charge in [-0.2, -0.15) is 0 Å². The van der Waals surface area contributed by atoms with E-state index in [1.807, 2.05) is 54.6 Å². The van der Waals surface area contributed by atoms with Crippen molar-refractivity contribution in [3.05, 3.63) is 214 Å². The van der Waals surface area contributed by atoms with Gasteiger partial charge in [-0.05, 0) is 63.2 Å². The number of allylic oxidation sites excluding steroid dienone is 2. The molecule has 0 saturated heterocycles. The molecule has 0 amide bonds. The lowest BCUT2D eigenvalue weighted by Gasteiger charge is -2.40. The molecule has 8 rings (SSSR count). The minimum atomic E-state index is -0.559. The largest absolute Gasteiger partial charge is 0.457 e. The highest BCUT2D eigenvalue weighted by Gasteiger charge is 2.49. The van der Waals surface area contributed by atoms with Crippen molar-refractivity contribution < 1.29 is 4.74 Å². The molecule has 6 aromatic rings. The number of nitrogens with one attached hydrogen (secondary N) is 2. The van der Waals surface area contributed by atoms with Crippen LogP contribution in [0.3, 0.4) is 0 Å². The fraction of sp³-hybridized carbons (Fsp3) is 0.0652. The summed E-state index contributed by atoms with van der Waals surface area (Å²) in [7, 11) is 0. The number of benzene rings is 6. The number of fused-ring (bicyclic) bond motifs is 6. The molecule has 1 heterocycles. The number of rotatable bonds is 8. The van der Waals surface area contributed by atoms with Crippen LogP contribution in [0.2, 0.25) is 0 Å². The summed E-state index contributed by atoms with van der Waals surface area (Å²) >= 11 is 0. The Balaban J connectivity index is 1.21. The van der Waals surface area contributed by atoms with E-state index in [9.17, 15) is 0 Å². The fourth-order valence-corrected chi connectivity index (χ4v) is 7.33. The molecule has 242 valence electrons. The molecule has 2 aliphatic rings. The van der Waals surface area contributed by atoms with E-state index >= 15 is 0 Å². The Morgan fingerprint density at radius 1 is 0.680 bits per heavy atom. The first-order valence-electron chi connectivity index (χ1n) is 17.0. The predicted octanol–water partition coefficient (Wildman–Crippen LogP) is 10.1. The van der Waals surface area contributed by atoms with Crippen LogP contribution in [0, 0.1) is 5.41 Å². The van der Waals surface area contributed by atoms with Crippen LogP contribution in [-0.4, -0.2) is 12.4 Å². The lowest BCUT2D eigenvalue weighted by molar-refractivity contribution is 0.436. The molecule has 0 radical (unpaired) electrons. The van der Waals surface area contributed by atoms with Crippen LogP contribution < -0.4 is 15.8 Å². The van der Waals surface area contributed by atoms with Gasteiger partial charge >= 0.3 is 0 Å². The van der Waals surface area contributed by atoms with E-state index in [2.05, 4.69) is 133 Å². The van der Waals surface area contributed by atoms with E-state index in [0.717, 1.165) is 50.5 Å². The van der Waals surface area contributed by atoms with Crippen molar-refractivity contribution in [1.82, 2.24) is 5.32 Å². The van der Waals surface area contributed by atoms with E-state index in [4.69, 9.17) is 15.9 Å². The fourth-order valence-electron chi connectivity index (χ4n) is 7.33. The molecule has 4 nitrogen and oxygen atoms in total. The van der Waals surface area contributed by atoms with E-state index in [-0.39, 0.29) is 6.04 Å². The van der Waals surface area contributed by atoms with Gasteiger partial charge in [-0.3, -0.25) is 5.41 Å². The second kappa shape index (κ2) is 13.3. The van der Waals surface area contributed by atoms with Crippen LogP contribution in [0.15, 0.2) is 175 Å².